The number of hydrogen-bond acceptors (Lipinski definition) is 6. The summed E-state index contributed by atoms with van der Waals surface area (Å²) in [6, 6.07) is 0. The number of aryl methyl sites for hydroxylation is 1. The lowest BCUT2D eigenvalue weighted by molar-refractivity contribution is 0.0601. The fourth-order valence-electron chi connectivity index (χ4n) is 1.35. The van der Waals surface area contributed by atoms with Gasteiger partial charge in [-0.2, -0.15) is 0 Å². The highest BCUT2D eigenvalue weighted by Crippen LogP contribution is 2.12. The van der Waals surface area contributed by atoms with E-state index in [4.69, 9.17) is 0 Å². The number of esters is 1. The molecule has 1 aromatic heterocycles. The van der Waals surface area contributed by atoms with Crippen molar-refractivity contribution in [2.75, 3.05) is 31.0 Å². The highest BCUT2D eigenvalue weighted by atomic mass is 32.2. The van der Waals surface area contributed by atoms with Crippen LogP contribution in [-0.2, 0) is 15.5 Å². The third-order valence-electron chi connectivity index (χ3n) is 2.22. The summed E-state index contributed by atoms with van der Waals surface area (Å²) in [4.78, 5) is 19.6. The molecule has 0 saturated heterocycles. The van der Waals surface area contributed by atoms with E-state index in [1.165, 1.54) is 13.3 Å². The third kappa shape index (κ3) is 4.40. The van der Waals surface area contributed by atoms with Crippen LogP contribution in [0.4, 0.5) is 5.82 Å². The summed E-state index contributed by atoms with van der Waals surface area (Å²) in [5, 5.41) is 3.04. The average Bonchev–Trinajstić information content (AvgIpc) is 2.33. The van der Waals surface area contributed by atoms with Gasteiger partial charge < -0.3 is 10.1 Å². The number of anilines is 1. The fourth-order valence-corrected chi connectivity index (χ4v) is 1.90. The summed E-state index contributed by atoms with van der Waals surface area (Å²) < 4.78 is 15.6. The van der Waals surface area contributed by atoms with Crippen molar-refractivity contribution in [1.82, 2.24) is 9.97 Å². The molecule has 7 heteroatoms. The zero-order chi connectivity index (χ0) is 13.5. The van der Waals surface area contributed by atoms with Crippen LogP contribution < -0.4 is 5.32 Å². The number of methoxy groups -OCH3 is 1. The zero-order valence-corrected chi connectivity index (χ0v) is 11.5. The second-order valence-electron chi connectivity index (χ2n) is 3.73. The van der Waals surface area contributed by atoms with E-state index in [0.29, 0.717) is 29.5 Å². The highest BCUT2D eigenvalue weighted by Gasteiger charge is 2.13. The van der Waals surface area contributed by atoms with Crippen molar-refractivity contribution in [2.24, 2.45) is 0 Å². The fraction of sp³-hybridized carbons (Fsp3) is 0.545. The highest BCUT2D eigenvalue weighted by molar-refractivity contribution is 7.84. The number of aromatic nitrogens is 2. The van der Waals surface area contributed by atoms with Gasteiger partial charge in [0.15, 0.2) is 0 Å². The quantitative estimate of drug-likeness (QED) is 0.607. The van der Waals surface area contributed by atoms with Crippen molar-refractivity contribution < 1.29 is 13.7 Å². The van der Waals surface area contributed by atoms with Crippen LogP contribution in [-0.4, -0.2) is 45.8 Å². The predicted molar refractivity (Wildman–Crippen MR) is 70.1 cm³/mol. The van der Waals surface area contributed by atoms with Gasteiger partial charge in [0.25, 0.3) is 0 Å². The van der Waals surface area contributed by atoms with E-state index in [-0.39, 0.29) is 0 Å². The Kier molecular flexibility index (Phi) is 5.70. The van der Waals surface area contributed by atoms with E-state index >= 15 is 0 Å². The topological polar surface area (TPSA) is 81.2 Å². The minimum absolute atomic E-state index is 0.306. The van der Waals surface area contributed by atoms with Crippen molar-refractivity contribution in [2.45, 2.75) is 13.3 Å². The molecule has 0 aliphatic carbocycles. The Morgan fingerprint density at radius 1 is 1.56 bits per heavy atom. The van der Waals surface area contributed by atoms with E-state index in [0.717, 1.165) is 6.42 Å². The predicted octanol–water partition coefficient (Wildman–Crippen LogP) is 0.752. The molecule has 1 heterocycles. The Balaban J connectivity index is 2.70. The molecule has 0 fully saturated rings. The number of nitrogens with zero attached hydrogens (tertiary/aromatic N) is 2. The van der Waals surface area contributed by atoms with Crippen LogP contribution >= 0.6 is 0 Å². The molecule has 1 rings (SSSR count). The van der Waals surface area contributed by atoms with Crippen LogP contribution in [0.15, 0.2) is 6.20 Å². The van der Waals surface area contributed by atoms with Crippen molar-refractivity contribution in [3.8, 4) is 0 Å². The van der Waals surface area contributed by atoms with Crippen LogP contribution in [0.1, 0.15) is 22.6 Å². The van der Waals surface area contributed by atoms with Gasteiger partial charge in [0.05, 0.1) is 7.11 Å². The number of carbonyl (C=O) groups is 1. The Morgan fingerprint density at radius 2 is 2.28 bits per heavy atom. The molecule has 1 unspecified atom stereocenters. The number of rotatable bonds is 6. The summed E-state index contributed by atoms with van der Waals surface area (Å²) in [6.45, 7) is 2.34. The first-order valence-corrected chi connectivity index (χ1v) is 7.23. The van der Waals surface area contributed by atoms with Crippen LogP contribution in [0.2, 0.25) is 0 Å². The maximum atomic E-state index is 11.5. The SMILES string of the molecule is COC(=O)c1cnc(C)nc1NCCCS(C)=O. The molecule has 0 amide bonds. The van der Waals surface area contributed by atoms with Gasteiger partial charge in [0.1, 0.15) is 17.2 Å². The maximum Gasteiger partial charge on any atom is 0.343 e. The van der Waals surface area contributed by atoms with E-state index < -0.39 is 16.8 Å². The summed E-state index contributed by atoms with van der Waals surface area (Å²) in [6.07, 6.45) is 3.84. The maximum absolute atomic E-state index is 11.5. The van der Waals surface area contributed by atoms with Gasteiger partial charge in [0.2, 0.25) is 0 Å². The molecule has 0 spiro atoms. The molecule has 0 aliphatic heterocycles. The summed E-state index contributed by atoms with van der Waals surface area (Å²) in [5.74, 6) is 1.17. The van der Waals surface area contributed by atoms with Gasteiger partial charge in [-0.1, -0.05) is 0 Å². The Morgan fingerprint density at radius 3 is 2.89 bits per heavy atom. The molecule has 100 valence electrons. The Hall–Kier alpha value is -1.50. The lowest BCUT2D eigenvalue weighted by atomic mass is 10.3. The molecule has 0 aliphatic rings. The van der Waals surface area contributed by atoms with Gasteiger partial charge in [-0.15, -0.1) is 0 Å². The normalized spacial score (nSPS) is 11.9. The summed E-state index contributed by atoms with van der Waals surface area (Å²) in [7, 11) is 0.504. The van der Waals surface area contributed by atoms with Gasteiger partial charge in [-0.3, -0.25) is 4.21 Å². The number of hydrogen-bond donors (Lipinski definition) is 1. The Bertz CT molecular complexity index is 451. The zero-order valence-electron chi connectivity index (χ0n) is 10.7. The molecule has 1 atom stereocenters. The van der Waals surface area contributed by atoms with Crippen molar-refractivity contribution >= 4 is 22.6 Å². The molecular weight excluding hydrogens is 254 g/mol. The lowest BCUT2D eigenvalue weighted by Gasteiger charge is -2.09. The number of carbonyl (C=O) groups excluding carboxylic acids is 1. The van der Waals surface area contributed by atoms with Crippen molar-refractivity contribution in [1.29, 1.82) is 0 Å². The monoisotopic (exact) mass is 271 g/mol. The lowest BCUT2D eigenvalue weighted by Crippen LogP contribution is -2.13. The first kappa shape index (κ1) is 14.6. The minimum Gasteiger partial charge on any atom is -0.465 e. The molecule has 0 saturated carbocycles. The minimum atomic E-state index is -0.808. The molecule has 18 heavy (non-hydrogen) atoms. The van der Waals surface area contributed by atoms with Gasteiger partial charge in [-0.25, -0.2) is 14.8 Å². The van der Waals surface area contributed by atoms with E-state index in [1.807, 2.05) is 0 Å². The molecule has 1 aromatic rings. The number of ether oxygens (including phenoxy) is 1. The molecule has 0 radical (unpaired) electrons. The van der Waals surface area contributed by atoms with E-state index in [2.05, 4.69) is 20.0 Å². The van der Waals surface area contributed by atoms with E-state index in [9.17, 15) is 9.00 Å². The molecule has 0 aromatic carbocycles. The van der Waals surface area contributed by atoms with Crippen LogP contribution in [0, 0.1) is 6.92 Å². The first-order chi connectivity index (χ1) is 8.54. The Labute approximate surface area is 109 Å². The smallest absolute Gasteiger partial charge is 0.343 e. The van der Waals surface area contributed by atoms with Gasteiger partial charge in [0, 0.05) is 35.5 Å². The molecule has 0 bridgehead atoms. The van der Waals surface area contributed by atoms with Gasteiger partial charge in [-0.05, 0) is 13.3 Å². The van der Waals surface area contributed by atoms with Crippen LogP contribution in [0.3, 0.4) is 0 Å². The van der Waals surface area contributed by atoms with Crippen molar-refractivity contribution in [3.05, 3.63) is 17.6 Å². The number of nitrogens with one attached hydrogen (secondary N) is 1. The third-order valence-corrected chi connectivity index (χ3v) is 3.08. The summed E-state index contributed by atoms with van der Waals surface area (Å²) in [5.41, 5.74) is 0.306. The first-order valence-electron chi connectivity index (χ1n) is 5.50. The van der Waals surface area contributed by atoms with Crippen LogP contribution in [0.5, 0.6) is 0 Å². The molecule has 6 nitrogen and oxygen atoms in total. The second kappa shape index (κ2) is 7.05. The van der Waals surface area contributed by atoms with Crippen molar-refractivity contribution in [3.63, 3.8) is 0 Å². The summed E-state index contributed by atoms with van der Waals surface area (Å²) >= 11 is 0. The largest absolute Gasteiger partial charge is 0.465 e. The standard InChI is InChI=1S/C11H17N3O3S/c1-8-13-7-9(11(15)17-2)10(14-8)12-5-4-6-18(3)16/h7H,4-6H2,1-3H3,(H,12,13,14). The van der Waals surface area contributed by atoms with E-state index in [1.54, 1.807) is 13.2 Å². The molecule has 1 N–H and O–H groups in total. The molecular formula is C11H17N3O3S. The van der Waals surface area contributed by atoms with Gasteiger partial charge >= 0.3 is 5.97 Å². The average molecular weight is 271 g/mol. The second-order valence-corrected chi connectivity index (χ2v) is 5.28. The van der Waals surface area contributed by atoms with Crippen LogP contribution in [0.25, 0.3) is 0 Å².